The van der Waals surface area contributed by atoms with Crippen molar-refractivity contribution >= 4 is 11.9 Å². The molecule has 0 aromatic rings. The van der Waals surface area contributed by atoms with E-state index in [2.05, 4.69) is 41.7 Å². The zero-order chi connectivity index (χ0) is 15.5. The first-order valence-electron chi connectivity index (χ1n) is 8.49. The van der Waals surface area contributed by atoms with Crippen LogP contribution in [0, 0.1) is 5.92 Å². The van der Waals surface area contributed by atoms with Gasteiger partial charge in [-0.1, -0.05) is 26.2 Å². The SMILES string of the molecule is CCNC(=NCCNC(=O)C1CCCCC1)NC(C)CC. The van der Waals surface area contributed by atoms with Crippen molar-refractivity contribution in [2.24, 2.45) is 10.9 Å². The van der Waals surface area contributed by atoms with Crippen LogP contribution in [0.5, 0.6) is 0 Å². The minimum atomic E-state index is 0.213. The van der Waals surface area contributed by atoms with Crippen LogP contribution in [0.4, 0.5) is 0 Å². The van der Waals surface area contributed by atoms with Crippen molar-refractivity contribution in [3.05, 3.63) is 0 Å². The molecular formula is C16H32N4O. The normalized spacial score (nSPS) is 18.1. The molecular weight excluding hydrogens is 264 g/mol. The van der Waals surface area contributed by atoms with Crippen LogP contribution in [0.15, 0.2) is 4.99 Å². The largest absolute Gasteiger partial charge is 0.357 e. The molecule has 21 heavy (non-hydrogen) atoms. The van der Waals surface area contributed by atoms with E-state index in [0.29, 0.717) is 19.1 Å². The van der Waals surface area contributed by atoms with Crippen molar-refractivity contribution in [1.82, 2.24) is 16.0 Å². The lowest BCUT2D eigenvalue weighted by atomic mass is 9.89. The standard InChI is InChI=1S/C16H32N4O/c1-4-13(3)20-16(17-5-2)19-12-11-18-15(21)14-9-7-6-8-10-14/h13-14H,4-12H2,1-3H3,(H,18,21)(H2,17,19,20). The Bertz CT molecular complexity index is 324. The summed E-state index contributed by atoms with van der Waals surface area (Å²) >= 11 is 0. The topological polar surface area (TPSA) is 65.5 Å². The molecule has 1 atom stereocenters. The second-order valence-corrected chi connectivity index (χ2v) is 5.84. The van der Waals surface area contributed by atoms with Gasteiger partial charge in [0.25, 0.3) is 0 Å². The van der Waals surface area contributed by atoms with Gasteiger partial charge >= 0.3 is 0 Å². The summed E-state index contributed by atoms with van der Waals surface area (Å²) in [5.74, 6) is 1.28. The van der Waals surface area contributed by atoms with Crippen LogP contribution in [0.3, 0.4) is 0 Å². The van der Waals surface area contributed by atoms with Gasteiger partial charge in [0.15, 0.2) is 5.96 Å². The lowest BCUT2D eigenvalue weighted by Crippen LogP contribution is -2.42. The van der Waals surface area contributed by atoms with Crippen molar-refractivity contribution in [2.75, 3.05) is 19.6 Å². The number of guanidine groups is 1. The molecule has 122 valence electrons. The number of amides is 1. The number of hydrogen-bond acceptors (Lipinski definition) is 2. The molecule has 0 aromatic carbocycles. The third-order valence-electron chi connectivity index (χ3n) is 4.00. The molecule has 0 saturated heterocycles. The third-order valence-corrected chi connectivity index (χ3v) is 4.00. The molecule has 1 aliphatic rings. The molecule has 1 saturated carbocycles. The second-order valence-electron chi connectivity index (χ2n) is 5.84. The molecule has 1 amide bonds. The Morgan fingerprint density at radius 1 is 1.19 bits per heavy atom. The van der Waals surface area contributed by atoms with Gasteiger partial charge in [0, 0.05) is 25.0 Å². The first-order chi connectivity index (χ1) is 10.2. The molecule has 0 spiro atoms. The number of hydrogen-bond donors (Lipinski definition) is 3. The number of aliphatic imine (C=N–C) groups is 1. The predicted octanol–water partition coefficient (Wildman–Crippen LogP) is 2.04. The van der Waals surface area contributed by atoms with Gasteiger partial charge < -0.3 is 16.0 Å². The lowest BCUT2D eigenvalue weighted by molar-refractivity contribution is -0.125. The van der Waals surface area contributed by atoms with Crippen molar-refractivity contribution in [2.45, 2.75) is 65.3 Å². The highest BCUT2D eigenvalue weighted by Crippen LogP contribution is 2.23. The van der Waals surface area contributed by atoms with Gasteiger partial charge in [-0.05, 0) is 33.1 Å². The van der Waals surface area contributed by atoms with Gasteiger partial charge in [0.1, 0.15) is 0 Å². The minimum absolute atomic E-state index is 0.213. The molecule has 1 rings (SSSR count). The zero-order valence-corrected chi connectivity index (χ0v) is 13.9. The first-order valence-corrected chi connectivity index (χ1v) is 8.49. The van der Waals surface area contributed by atoms with Crippen molar-refractivity contribution in [1.29, 1.82) is 0 Å². The van der Waals surface area contributed by atoms with Crippen molar-refractivity contribution in [3.8, 4) is 0 Å². The average Bonchev–Trinajstić information content (AvgIpc) is 2.52. The first kappa shape index (κ1) is 17.8. The van der Waals surface area contributed by atoms with E-state index < -0.39 is 0 Å². The molecule has 5 nitrogen and oxygen atoms in total. The van der Waals surface area contributed by atoms with Crippen LogP contribution >= 0.6 is 0 Å². The number of carbonyl (C=O) groups excluding carboxylic acids is 1. The van der Waals surface area contributed by atoms with Gasteiger partial charge in [-0.3, -0.25) is 9.79 Å². The van der Waals surface area contributed by atoms with E-state index in [1.165, 1.54) is 19.3 Å². The summed E-state index contributed by atoms with van der Waals surface area (Å²) in [6, 6.07) is 0.402. The molecule has 1 unspecified atom stereocenters. The quantitative estimate of drug-likeness (QED) is 0.383. The van der Waals surface area contributed by atoms with Crippen LogP contribution in [0.2, 0.25) is 0 Å². The van der Waals surface area contributed by atoms with E-state index >= 15 is 0 Å². The van der Waals surface area contributed by atoms with Crippen LogP contribution in [-0.2, 0) is 4.79 Å². The number of nitrogens with one attached hydrogen (secondary N) is 3. The van der Waals surface area contributed by atoms with E-state index in [0.717, 1.165) is 31.8 Å². The van der Waals surface area contributed by atoms with E-state index in [4.69, 9.17) is 0 Å². The molecule has 1 aliphatic carbocycles. The fourth-order valence-electron chi connectivity index (χ4n) is 2.51. The smallest absolute Gasteiger partial charge is 0.223 e. The minimum Gasteiger partial charge on any atom is -0.357 e. The van der Waals surface area contributed by atoms with Crippen LogP contribution in [-0.4, -0.2) is 37.5 Å². The molecule has 0 radical (unpaired) electrons. The van der Waals surface area contributed by atoms with Crippen LogP contribution < -0.4 is 16.0 Å². The van der Waals surface area contributed by atoms with E-state index in [1.54, 1.807) is 0 Å². The maximum absolute atomic E-state index is 12.0. The molecule has 0 aliphatic heterocycles. The van der Waals surface area contributed by atoms with Crippen LogP contribution in [0.25, 0.3) is 0 Å². The Balaban J connectivity index is 2.27. The lowest BCUT2D eigenvalue weighted by Gasteiger charge is -2.20. The summed E-state index contributed by atoms with van der Waals surface area (Å²) in [6.45, 7) is 8.41. The molecule has 0 aromatic heterocycles. The molecule has 3 N–H and O–H groups in total. The number of rotatable bonds is 7. The highest BCUT2D eigenvalue weighted by Gasteiger charge is 2.20. The predicted molar refractivity (Wildman–Crippen MR) is 88.5 cm³/mol. The second kappa shape index (κ2) is 10.5. The highest BCUT2D eigenvalue weighted by atomic mass is 16.1. The number of carbonyl (C=O) groups is 1. The van der Waals surface area contributed by atoms with Gasteiger partial charge in [-0.25, -0.2) is 0 Å². The van der Waals surface area contributed by atoms with Crippen molar-refractivity contribution < 1.29 is 4.79 Å². The van der Waals surface area contributed by atoms with E-state index in [-0.39, 0.29) is 11.8 Å². The Hall–Kier alpha value is -1.26. The fourth-order valence-corrected chi connectivity index (χ4v) is 2.51. The molecule has 0 bridgehead atoms. The Morgan fingerprint density at radius 2 is 1.90 bits per heavy atom. The van der Waals surface area contributed by atoms with Crippen molar-refractivity contribution in [3.63, 3.8) is 0 Å². The molecule has 0 heterocycles. The summed E-state index contributed by atoms with van der Waals surface area (Å²) in [5.41, 5.74) is 0. The van der Waals surface area contributed by atoms with Gasteiger partial charge in [-0.15, -0.1) is 0 Å². The third kappa shape index (κ3) is 7.34. The highest BCUT2D eigenvalue weighted by molar-refractivity contribution is 5.80. The summed E-state index contributed by atoms with van der Waals surface area (Å²) < 4.78 is 0. The van der Waals surface area contributed by atoms with Gasteiger partial charge in [0.05, 0.1) is 6.54 Å². The molecule has 1 fully saturated rings. The Labute approximate surface area is 129 Å². The maximum atomic E-state index is 12.0. The van der Waals surface area contributed by atoms with E-state index in [1.807, 2.05) is 0 Å². The van der Waals surface area contributed by atoms with Gasteiger partial charge in [-0.2, -0.15) is 0 Å². The Kier molecular flexibility index (Phi) is 8.87. The summed E-state index contributed by atoms with van der Waals surface area (Å²) in [7, 11) is 0. The van der Waals surface area contributed by atoms with E-state index in [9.17, 15) is 4.79 Å². The summed E-state index contributed by atoms with van der Waals surface area (Å²) in [4.78, 5) is 16.5. The summed E-state index contributed by atoms with van der Waals surface area (Å²) in [5, 5.41) is 9.59. The number of nitrogens with zero attached hydrogens (tertiary/aromatic N) is 1. The average molecular weight is 296 g/mol. The fraction of sp³-hybridized carbons (Fsp3) is 0.875. The molecule has 5 heteroatoms. The summed E-state index contributed by atoms with van der Waals surface area (Å²) in [6.07, 6.45) is 6.82. The van der Waals surface area contributed by atoms with Crippen LogP contribution in [0.1, 0.15) is 59.3 Å². The monoisotopic (exact) mass is 296 g/mol. The Morgan fingerprint density at radius 3 is 2.52 bits per heavy atom. The maximum Gasteiger partial charge on any atom is 0.223 e. The zero-order valence-electron chi connectivity index (χ0n) is 13.9. The van der Waals surface area contributed by atoms with Gasteiger partial charge in [0.2, 0.25) is 5.91 Å².